The normalized spacial score (nSPS) is 11.3. The first-order valence-corrected chi connectivity index (χ1v) is 6.20. The number of ether oxygens (including phenoxy) is 1. The highest BCUT2D eigenvalue weighted by Crippen LogP contribution is 2.16. The lowest BCUT2D eigenvalue weighted by Gasteiger charge is -2.14. The largest absolute Gasteiger partial charge is 0.449 e. The van der Waals surface area contributed by atoms with Gasteiger partial charge in [0.15, 0.2) is 6.10 Å². The minimum atomic E-state index is -1.17. The van der Waals surface area contributed by atoms with Gasteiger partial charge in [0.25, 0.3) is 5.91 Å². The van der Waals surface area contributed by atoms with Crippen LogP contribution in [0.4, 0.5) is 10.5 Å². The molecular weight excluding hydrogens is 278 g/mol. The molecule has 0 saturated carbocycles. The fraction of sp³-hybridized carbons (Fsp3) is 0.308. The third kappa shape index (κ3) is 5.11. The average molecular weight is 295 g/mol. The van der Waals surface area contributed by atoms with Gasteiger partial charge in [-0.3, -0.25) is 10.1 Å². The molecule has 0 fully saturated rings. The average Bonchev–Trinajstić information content (AvgIpc) is 2.44. The van der Waals surface area contributed by atoms with Crippen molar-refractivity contribution in [3.63, 3.8) is 0 Å². The van der Waals surface area contributed by atoms with Crippen LogP contribution in [-0.4, -0.2) is 42.3 Å². The van der Waals surface area contributed by atoms with Crippen LogP contribution in [0.2, 0.25) is 0 Å². The number of nitrogens with two attached hydrogens (primary N) is 1. The van der Waals surface area contributed by atoms with Crippen molar-refractivity contribution in [1.29, 1.82) is 0 Å². The van der Waals surface area contributed by atoms with E-state index in [1.165, 1.54) is 13.0 Å². The number of benzene rings is 1. The number of aliphatic hydroxyl groups is 1. The van der Waals surface area contributed by atoms with Crippen molar-refractivity contribution < 1.29 is 24.2 Å². The lowest BCUT2D eigenvalue weighted by Crippen LogP contribution is -2.42. The SMILES string of the molecule is CC(OC(=O)c1ccccc1NCCO)C(=O)NC(N)=O. The molecule has 0 spiro atoms. The third-order valence-corrected chi connectivity index (χ3v) is 2.47. The van der Waals surface area contributed by atoms with Gasteiger partial charge in [-0.2, -0.15) is 0 Å². The Morgan fingerprint density at radius 2 is 2.00 bits per heavy atom. The van der Waals surface area contributed by atoms with E-state index in [0.29, 0.717) is 5.69 Å². The Morgan fingerprint density at radius 1 is 1.33 bits per heavy atom. The van der Waals surface area contributed by atoms with Gasteiger partial charge in [-0.05, 0) is 19.1 Å². The van der Waals surface area contributed by atoms with Crippen LogP contribution in [-0.2, 0) is 9.53 Å². The summed E-state index contributed by atoms with van der Waals surface area (Å²) >= 11 is 0. The molecule has 0 aliphatic carbocycles. The van der Waals surface area contributed by atoms with Crippen molar-refractivity contribution in [3.8, 4) is 0 Å². The number of hydrogen-bond donors (Lipinski definition) is 4. The van der Waals surface area contributed by atoms with E-state index in [2.05, 4.69) is 5.32 Å². The van der Waals surface area contributed by atoms with Gasteiger partial charge < -0.3 is 20.9 Å². The highest BCUT2D eigenvalue weighted by atomic mass is 16.5. The van der Waals surface area contributed by atoms with Crippen LogP contribution < -0.4 is 16.4 Å². The number of primary amides is 1. The van der Waals surface area contributed by atoms with E-state index in [1.807, 2.05) is 5.32 Å². The number of nitrogens with one attached hydrogen (secondary N) is 2. The van der Waals surface area contributed by atoms with E-state index in [0.717, 1.165) is 0 Å². The Hall–Kier alpha value is -2.61. The molecule has 3 amide bonds. The van der Waals surface area contributed by atoms with Gasteiger partial charge in [0.2, 0.25) is 0 Å². The molecule has 0 aliphatic heterocycles. The molecule has 5 N–H and O–H groups in total. The fourth-order valence-electron chi connectivity index (χ4n) is 1.51. The van der Waals surface area contributed by atoms with Gasteiger partial charge in [-0.15, -0.1) is 0 Å². The number of para-hydroxylation sites is 1. The molecule has 1 atom stereocenters. The van der Waals surface area contributed by atoms with Gasteiger partial charge in [-0.1, -0.05) is 12.1 Å². The predicted octanol–water partition coefficient (Wildman–Crippen LogP) is -0.169. The molecule has 0 saturated heterocycles. The molecule has 1 aromatic rings. The molecule has 0 aromatic heterocycles. The van der Waals surface area contributed by atoms with Crippen LogP contribution in [0.5, 0.6) is 0 Å². The number of imide groups is 1. The van der Waals surface area contributed by atoms with Crippen LogP contribution in [0, 0.1) is 0 Å². The minimum Gasteiger partial charge on any atom is -0.449 e. The summed E-state index contributed by atoms with van der Waals surface area (Å²) < 4.78 is 4.96. The Kier molecular flexibility index (Phi) is 6.15. The second-order valence-electron chi connectivity index (χ2n) is 4.10. The molecule has 8 nitrogen and oxygen atoms in total. The highest BCUT2D eigenvalue weighted by molar-refractivity contribution is 5.99. The first kappa shape index (κ1) is 16.4. The zero-order chi connectivity index (χ0) is 15.8. The van der Waals surface area contributed by atoms with Crippen LogP contribution >= 0.6 is 0 Å². The zero-order valence-electron chi connectivity index (χ0n) is 11.5. The van der Waals surface area contributed by atoms with Gasteiger partial charge in [-0.25, -0.2) is 9.59 Å². The van der Waals surface area contributed by atoms with E-state index < -0.39 is 24.0 Å². The molecule has 0 bridgehead atoms. The van der Waals surface area contributed by atoms with Crippen molar-refractivity contribution in [2.45, 2.75) is 13.0 Å². The van der Waals surface area contributed by atoms with E-state index in [4.69, 9.17) is 15.6 Å². The summed E-state index contributed by atoms with van der Waals surface area (Å²) in [6, 6.07) is 5.48. The van der Waals surface area contributed by atoms with Gasteiger partial charge in [0, 0.05) is 12.2 Å². The van der Waals surface area contributed by atoms with E-state index in [9.17, 15) is 14.4 Å². The predicted molar refractivity (Wildman–Crippen MR) is 74.6 cm³/mol. The van der Waals surface area contributed by atoms with Gasteiger partial charge in [0.05, 0.1) is 12.2 Å². The Bertz CT molecular complexity index is 532. The molecule has 0 aliphatic rings. The molecule has 114 valence electrons. The second kappa shape index (κ2) is 7.85. The lowest BCUT2D eigenvalue weighted by atomic mass is 10.2. The van der Waals surface area contributed by atoms with Crippen molar-refractivity contribution >= 4 is 23.6 Å². The summed E-state index contributed by atoms with van der Waals surface area (Å²) in [4.78, 5) is 34.0. The Labute approximate surface area is 121 Å². The standard InChI is InChI=1S/C13H17N3O5/c1-8(11(18)16-13(14)20)21-12(19)9-4-2-3-5-10(9)15-6-7-17/h2-5,8,15,17H,6-7H2,1H3,(H3,14,16,18,20). The van der Waals surface area contributed by atoms with Crippen LogP contribution in [0.15, 0.2) is 24.3 Å². The Morgan fingerprint density at radius 3 is 2.62 bits per heavy atom. The fourth-order valence-corrected chi connectivity index (χ4v) is 1.51. The first-order valence-electron chi connectivity index (χ1n) is 6.20. The third-order valence-electron chi connectivity index (χ3n) is 2.47. The number of aliphatic hydroxyl groups excluding tert-OH is 1. The topological polar surface area (TPSA) is 131 Å². The molecule has 8 heteroatoms. The van der Waals surface area contributed by atoms with E-state index >= 15 is 0 Å². The van der Waals surface area contributed by atoms with E-state index in [1.54, 1.807) is 18.2 Å². The summed E-state index contributed by atoms with van der Waals surface area (Å²) in [6.45, 7) is 1.49. The first-order chi connectivity index (χ1) is 9.95. The maximum Gasteiger partial charge on any atom is 0.341 e. The summed E-state index contributed by atoms with van der Waals surface area (Å²) in [5.74, 6) is -1.54. The number of rotatable bonds is 6. The molecule has 0 radical (unpaired) electrons. The second-order valence-corrected chi connectivity index (χ2v) is 4.10. The summed E-state index contributed by atoms with van der Waals surface area (Å²) in [6.07, 6.45) is -1.17. The monoisotopic (exact) mass is 295 g/mol. The lowest BCUT2D eigenvalue weighted by molar-refractivity contribution is -0.127. The van der Waals surface area contributed by atoms with Crippen LogP contribution in [0.25, 0.3) is 0 Å². The van der Waals surface area contributed by atoms with Crippen molar-refractivity contribution in [3.05, 3.63) is 29.8 Å². The van der Waals surface area contributed by atoms with Crippen molar-refractivity contribution in [2.24, 2.45) is 5.73 Å². The number of carbonyl (C=O) groups is 3. The quantitative estimate of drug-likeness (QED) is 0.539. The summed E-state index contributed by atoms with van der Waals surface area (Å²) in [7, 11) is 0. The van der Waals surface area contributed by atoms with Gasteiger partial charge >= 0.3 is 12.0 Å². The number of anilines is 1. The number of hydrogen-bond acceptors (Lipinski definition) is 6. The van der Waals surface area contributed by atoms with Crippen molar-refractivity contribution in [1.82, 2.24) is 5.32 Å². The highest BCUT2D eigenvalue weighted by Gasteiger charge is 2.21. The number of amides is 3. The zero-order valence-corrected chi connectivity index (χ0v) is 11.5. The molecule has 1 rings (SSSR count). The number of esters is 1. The van der Waals surface area contributed by atoms with Crippen molar-refractivity contribution in [2.75, 3.05) is 18.5 Å². The summed E-state index contributed by atoms with van der Waals surface area (Å²) in [5.41, 5.74) is 5.49. The van der Waals surface area contributed by atoms with E-state index in [-0.39, 0.29) is 18.7 Å². The van der Waals surface area contributed by atoms with Crippen LogP contribution in [0.3, 0.4) is 0 Å². The number of urea groups is 1. The molecule has 0 heterocycles. The smallest absolute Gasteiger partial charge is 0.341 e. The molecular formula is C13H17N3O5. The Balaban J connectivity index is 2.75. The molecule has 1 unspecified atom stereocenters. The molecule has 1 aromatic carbocycles. The van der Waals surface area contributed by atoms with Gasteiger partial charge in [0.1, 0.15) is 0 Å². The minimum absolute atomic E-state index is 0.0964. The van der Waals surface area contributed by atoms with Crippen LogP contribution in [0.1, 0.15) is 17.3 Å². The summed E-state index contributed by atoms with van der Waals surface area (Å²) in [5, 5.41) is 13.5. The molecule has 21 heavy (non-hydrogen) atoms. The number of carbonyl (C=O) groups excluding carboxylic acids is 3. The maximum absolute atomic E-state index is 12.0. The maximum atomic E-state index is 12.0.